The van der Waals surface area contributed by atoms with E-state index < -0.39 is 6.04 Å². The van der Waals surface area contributed by atoms with Crippen LogP contribution in [-0.4, -0.2) is 49.6 Å². The van der Waals surface area contributed by atoms with Gasteiger partial charge >= 0.3 is 6.03 Å². The number of carbonyl (C=O) groups is 2. The highest BCUT2D eigenvalue weighted by Gasteiger charge is 2.43. The Hall–Kier alpha value is -3.42. The molecule has 4 rings (SSSR count). The molecule has 0 spiro atoms. The monoisotopic (exact) mass is 383 g/mol. The number of methoxy groups -OCH3 is 2. The average molecular weight is 383 g/mol. The van der Waals surface area contributed by atoms with E-state index in [1.807, 2.05) is 6.07 Å². The van der Waals surface area contributed by atoms with Crippen LogP contribution in [0.5, 0.6) is 11.5 Å². The van der Waals surface area contributed by atoms with Crippen molar-refractivity contribution >= 4 is 11.9 Å². The Morgan fingerprint density at radius 2 is 2.04 bits per heavy atom. The summed E-state index contributed by atoms with van der Waals surface area (Å²) in [6.07, 6.45) is 1.57. The lowest BCUT2D eigenvalue weighted by molar-refractivity contribution is -0.126. The van der Waals surface area contributed by atoms with Crippen LogP contribution in [0.2, 0.25) is 0 Å². The molecule has 8 nitrogen and oxygen atoms in total. The van der Waals surface area contributed by atoms with Gasteiger partial charge in [-0.3, -0.25) is 9.69 Å². The summed E-state index contributed by atoms with van der Waals surface area (Å²) in [4.78, 5) is 28.9. The number of nitrogens with one attached hydrogen (secondary N) is 1. The Bertz CT molecular complexity index is 951. The summed E-state index contributed by atoms with van der Waals surface area (Å²) in [7, 11) is 4.78. The van der Waals surface area contributed by atoms with Gasteiger partial charge in [0.1, 0.15) is 17.3 Å². The molecule has 28 heavy (non-hydrogen) atoms. The molecule has 0 radical (unpaired) electrons. The lowest BCUT2D eigenvalue weighted by Gasteiger charge is -2.31. The molecule has 1 aromatic carbocycles. The van der Waals surface area contributed by atoms with Gasteiger partial charge in [-0.05, 0) is 30.3 Å². The molecule has 8 heteroatoms. The van der Waals surface area contributed by atoms with E-state index >= 15 is 0 Å². The lowest BCUT2D eigenvalue weighted by atomic mass is 9.94. The molecule has 1 aromatic heterocycles. The van der Waals surface area contributed by atoms with Gasteiger partial charge in [0, 0.05) is 12.6 Å². The Morgan fingerprint density at radius 1 is 1.21 bits per heavy atom. The third-order valence-electron chi connectivity index (χ3n) is 5.11. The summed E-state index contributed by atoms with van der Waals surface area (Å²) >= 11 is 0. The van der Waals surface area contributed by atoms with Crippen molar-refractivity contribution < 1.29 is 23.5 Å². The van der Waals surface area contributed by atoms with E-state index in [2.05, 4.69) is 5.32 Å². The molecule has 146 valence electrons. The maximum absolute atomic E-state index is 13.2. The zero-order chi connectivity index (χ0) is 19.8. The highest BCUT2D eigenvalue weighted by Crippen LogP contribution is 2.40. The number of hydrogen-bond donors (Lipinski definition) is 1. The second-order valence-corrected chi connectivity index (χ2v) is 6.65. The molecule has 0 aliphatic carbocycles. The van der Waals surface area contributed by atoms with Crippen LogP contribution in [0.4, 0.5) is 4.79 Å². The maximum Gasteiger partial charge on any atom is 0.322 e. The third-order valence-corrected chi connectivity index (χ3v) is 5.11. The van der Waals surface area contributed by atoms with E-state index in [9.17, 15) is 9.59 Å². The van der Waals surface area contributed by atoms with Crippen LogP contribution in [0, 0.1) is 0 Å². The van der Waals surface area contributed by atoms with E-state index in [1.165, 1.54) is 4.90 Å². The molecule has 3 heterocycles. The van der Waals surface area contributed by atoms with Crippen molar-refractivity contribution in [1.82, 2.24) is 15.1 Å². The summed E-state index contributed by atoms with van der Waals surface area (Å²) in [5.41, 5.74) is 1.87. The zero-order valence-corrected chi connectivity index (χ0v) is 15.9. The van der Waals surface area contributed by atoms with Crippen molar-refractivity contribution in [1.29, 1.82) is 0 Å². The molecule has 0 fully saturated rings. The number of ether oxygens (including phenoxy) is 2. The van der Waals surface area contributed by atoms with Gasteiger partial charge in [0.25, 0.3) is 5.91 Å². The van der Waals surface area contributed by atoms with E-state index in [-0.39, 0.29) is 11.9 Å². The number of likely N-dealkylation sites (N-methyl/N-ethyl adjacent to an activating group) is 1. The number of hydrogen-bond acceptors (Lipinski definition) is 5. The van der Waals surface area contributed by atoms with Crippen molar-refractivity contribution in [3.05, 3.63) is 59.2 Å². The standard InChI is InChI=1S/C20H21N3O5/c1-22-15-11-23(10-13-5-4-8-28-13)19(24)17(15)18(21-20(22)25)14-9-12(26-2)6-7-16(14)27-3/h4-9,18H,10-11H2,1-3H3,(H,21,25). The first kappa shape index (κ1) is 18.0. The fourth-order valence-electron chi connectivity index (χ4n) is 3.64. The summed E-state index contributed by atoms with van der Waals surface area (Å²) in [6.45, 7) is 0.671. The van der Waals surface area contributed by atoms with Crippen LogP contribution in [0.3, 0.4) is 0 Å². The molecule has 1 unspecified atom stereocenters. The number of amides is 3. The number of benzene rings is 1. The number of carbonyl (C=O) groups excluding carboxylic acids is 2. The van der Waals surface area contributed by atoms with Crippen LogP contribution in [0.25, 0.3) is 0 Å². The quantitative estimate of drug-likeness (QED) is 0.856. The van der Waals surface area contributed by atoms with E-state index in [1.54, 1.807) is 56.7 Å². The van der Waals surface area contributed by atoms with E-state index in [4.69, 9.17) is 13.9 Å². The first-order valence-electron chi connectivity index (χ1n) is 8.84. The Kier molecular flexibility index (Phi) is 4.46. The molecule has 1 N–H and O–H groups in total. The van der Waals surface area contributed by atoms with Crippen LogP contribution in [0.15, 0.2) is 52.3 Å². The van der Waals surface area contributed by atoms with Crippen LogP contribution in [-0.2, 0) is 11.3 Å². The first-order chi connectivity index (χ1) is 13.5. The van der Waals surface area contributed by atoms with Gasteiger partial charge in [-0.15, -0.1) is 0 Å². The Morgan fingerprint density at radius 3 is 2.71 bits per heavy atom. The smallest absolute Gasteiger partial charge is 0.322 e. The molecular formula is C20H21N3O5. The minimum Gasteiger partial charge on any atom is -0.497 e. The van der Waals surface area contributed by atoms with Gasteiger partial charge in [0.05, 0.1) is 50.9 Å². The van der Waals surface area contributed by atoms with Crippen LogP contribution < -0.4 is 14.8 Å². The van der Waals surface area contributed by atoms with Gasteiger partial charge < -0.3 is 24.1 Å². The number of urea groups is 1. The van der Waals surface area contributed by atoms with Crippen molar-refractivity contribution in [3.8, 4) is 11.5 Å². The first-order valence-corrected chi connectivity index (χ1v) is 8.84. The summed E-state index contributed by atoms with van der Waals surface area (Å²) < 4.78 is 16.2. The minimum absolute atomic E-state index is 0.145. The molecule has 2 aliphatic rings. The second kappa shape index (κ2) is 6.95. The van der Waals surface area contributed by atoms with Crippen molar-refractivity contribution in [2.45, 2.75) is 12.6 Å². The molecule has 1 atom stereocenters. The molecule has 0 saturated carbocycles. The largest absolute Gasteiger partial charge is 0.497 e. The number of rotatable bonds is 5. The third kappa shape index (κ3) is 2.87. The predicted molar refractivity (Wildman–Crippen MR) is 99.7 cm³/mol. The molecule has 2 aromatic rings. The van der Waals surface area contributed by atoms with Gasteiger partial charge in [0.2, 0.25) is 0 Å². The van der Waals surface area contributed by atoms with Gasteiger partial charge in [-0.2, -0.15) is 0 Å². The highest BCUT2D eigenvalue weighted by atomic mass is 16.5. The van der Waals surface area contributed by atoms with Crippen LogP contribution >= 0.6 is 0 Å². The summed E-state index contributed by atoms with van der Waals surface area (Å²) in [5, 5.41) is 2.91. The van der Waals surface area contributed by atoms with E-state index in [0.717, 1.165) is 0 Å². The SMILES string of the molecule is COc1ccc(OC)c(C2NC(=O)N(C)C3=C2C(=O)N(Cc2ccco2)C3)c1. The summed E-state index contributed by atoms with van der Waals surface area (Å²) in [6, 6.07) is 8.01. The number of furan rings is 1. The van der Waals surface area contributed by atoms with E-state index in [0.29, 0.717) is 47.2 Å². The van der Waals surface area contributed by atoms with Gasteiger partial charge in [0.15, 0.2) is 0 Å². The predicted octanol–water partition coefficient (Wildman–Crippen LogP) is 2.29. The summed E-state index contributed by atoms with van der Waals surface area (Å²) in [5.74, 6) is 1.72. The molecular weight excluding hydrogens is 362 g/mol. The molecule has 0 bridgehead atoms. The number of nitrogens with zero attached hydrogens (tertiary/aromatic N) is 2. The second-order valence-electron chi connectivity index (χ2n) is 6.65. The highest BCUT2D eigenvalue weighted by molar-refractivity contribution is 6.01. The lowest BCUT2D eigenvalue weighted by Crippen LogP contribution is -2.45. The van der Waals surface area contributed by atoms with Crippen molar-refractivity contribution in [2.75, 3.05) is 27.8 Å². The molecule has 3 amide bonds. The van der Waals surface area contributed by atoms with Crippen LogP contribution in [0.1, 0.15) is 17.4 Å². The van der Waals surface area contributed by atoms with Crippen molar-refractivity contribution in [3.63, 3.8) is 0 Å². The fraction of sp³-hybridized carbons (Fsp3) is 0.300. The Labute approximate surface area is 162 Å². The van der Waals surface area contributed by atoms with Crippen molar-refractivity contribution in [2.24, 2.45) is 0 Å². The normalized spacial score (nSPS) is 19.0. The zero-order valence-electron chi connectivity index (χ0n) is 15.9. The minimum atomic E-state index is -0.627. The molecule has 0 saturated heterocycles. The average Bonchev–Trinajstić information content (AvgIpc) is 3.33. The maximum atomic E-state index is 13.2. The molecule has 2 aliphatic heterocycles. The van der Waals surface area contributed by atoms with Gasteiger partial charge in [-0.1, -0.05) is 0 Å². The Balaban J connectivity index is 1.75. The fourth-order valence-corrected chi connectivity index (χ4v) is 3.64. The van der Waals surface area contributed by atoms with Gasteiger partial charge in [-0.25, -0.2) is 4.79 Å². The topological polar surface area (TPSA) is 84.2 Å².